The standard InChI is InChI=1S/C13H12N4O2S2/c1-21(19)13-16-10-8(3-2-4-9(10)20-13)7-17-6-5-15-11(14)12(17)18/h2-6H,7H2,1H3,(H2,14,15). The predicted octanol–water partition coefficient (Wildman–Crippen LogP) is 1.22. The Balaban J connectivity index is 2.10. The number of hydrogen-bond donors (Lipinski definition) is 1. The topological polar surface area (TPSA) is 90.9 Å². The molecule has 108 valence electrons. The van der Waals surface area contributed by atoms with Gasteiger partial charge in [0.05, 0.1) is 27.6 Å². The van der Waals surface area contributed by atoms with Gasteiger partial charge in [-0.2, -0.15) is 0 Å². The van der Waals surface area contributed by atoms with Crippen LogP contribution >= 0.6 is 11.3 Å². The Labute approximate surface area is 126 Å². The Morgan fingerprint density at radius 2 is 2.24 bits per heavy atom. The van der Waals surface area contributed by atoms with Crippen LogP contribution in [-0.2, 0) is 17.3 Å². The van der Waals surface area contributed by atoms with Crippen molar-refractivity contribution in [1.82, 2.24) is 14.5 Å². The molecule has 2 heterocycles. The van der Waals surface area contributed by atoms with Crippen LogP contribution in [0.3, 0.4) is 0 Å². The second kappa shape index (κ2) is 5.38. The summed E-state index contributed by atoms with van der Waals surface area (Å²) in [5.41, 5.74) is 6.86. The molecule has 1 unspecified atom stereocenters. The van der Waals surface area contributed by atoms with Crippen molar-refractivity contribution in [3.63, 3.8) is 0 Å². The van der Waals surface area contributed by atoms with Crippen molar-refractivity contribution in [2.45, 2.75) is 10.9 Å². The molecular formula is C13H12N4O2S2. The first-order valence-electron chi connectivity index (χ1n) is 6.09. The summed E-state index contributed by atoms with van der Waals surface area (Å²) in [6.45, 7) is 0.350. The highest BCUT2D eigenvalue weighted by atomic mass is 32.2. The van der Waals surface area contributed by atoms with Crippen LogP contribution in [-0.4, -0.2) is 25.0 Å². The van der Waals surface area contributed by atoms with Crippen molar-refractivity contribution in [3.05, 3.63) is 46.5 Å². The zero-order valence-electron chi connectivity index (χ0n) is 11.1. The SMILES string of the molecule is CS(=O)c1nc2c(Cn3ccnc(N)c3=O)cccc2s1. The van der Waals surface area contributed by atoms with Gasteiger partial charge in [-0.1, -0.05) is 12.1 Å². The number of thiazole rings is 1. The van der Waals surface area contributed by atoms with Gasteiger partial charge in [-0.3, -0.25) is 9.00 Å². The molecule has 3 aromatic rings. The van der Waals surface area contributed by atoms with E-state index in [0.29, 0.717) is 10.9 Å². The summed E-state index contributed by atoms with van der Waals surface area (Å²) >= 11 is 1.40. The van der Waals surface area contributed by atoms with Gasteiger partial charge in [0.2, 0.25) is 0 Å². The number of fused-ring (bicyclic) bond motifs is 1. The van der Waals surface area contributed by atoms with Crippen LogP contribution < -0.4 is 11.3 Å². The van der Waals surface area contributed by atoms with Crippen LogP contribution in [0, 0.1) is 0 Å². The van der Waals surface area contributed by atoms with E-state index < -0.39 is 10.8 Å². The third-order valence-electron chi connectivity index (χ3n) is 3.01. The maximum atomic E-state index is 11.9. The lowest BCUT2D eigenvalue weighted by atomic mass is 10.2. The summed E-state index contributed by atoms with van der Waals surface area (Å²) in [6, 6.07) is 5.72. The summed E-state index contributed by atoms with van der Waals surface area (Å²) in [6.07, 6.45) is 4.68. The molecule has 21 heavy (non-hydrogen) atoms. The highest BCUT2D eigenvalue weighted by molar-refractivity contribution is 7.86. The van der Waals surface area contributed by atoms with Crippen molar-refractivity contribution in [3.8, 4) is 0 Å². The molecule has 8 heteroatoms. The second-order valence-corrected chi connectivity index (χ2v) is 7.03. The van der Waals surface area contributed by atoms with Crippen LogP contribution in [0.2, 0.25) is 0 Å². The number of aromatic nitrogens is 3. The summed E-state index contributed by atoms with van der Waals surface area (Å²) in [5.74, 6) is -0.0293. The van der Waals surface area contributed by atoms with Crippen LogP contribution in [0.5, 0.6) is 0 Å². The molecule has 1 aromatic carbocycles. The first kappa shape index (κ1) is 13.9. The van der Waals surface area contributed by atoms with Gasteiger partial charge in [0.25, 0.3) is 5.56 Å². The molecule has 0 saturated carbocycles. The van der Waals surface area contributed by atoms with Crippen molar-refractivity contribution in [2.75, 3.05) is 12.0 Å². The molecule has 0 aliphatic rings. The van der Waals surface area contributed by atoms with Gasteiger partial charge in [0.1, 0.15) is 0 Å². The van der Waals surface area contributed by atoms with Gasteiger partial charge >= 0.3 is 0 Å². The first-order chi connectivity index (χ1) is 10.1. The number of nitrogens with zero attached hydrogens (tertiary/aromatic N) is 3. The van der Waals surface area contributed by atoms with Gasteiger partial charge in [-0.15, -0.1) is 11.3 Å². The maximum absolute atomic E-state index is 11.9. The summed E-state index contributed by atoms with van der Waals surface area (Å²) in [4.78, 5) is 20.1. The Kier molecular flexibility index (Phi) is 3.56. The predicted molar refractivity (Wildman–Crippen MR) is 84.0 cm³/mol. The monoisotopic (exact) mass is 320 g/mol. The molecule has 0 spiro atoms. The van der Waals surface area contributed by atoms with Gasteiger partial charge in [-0.25, -0.2) is 9.97 Å². The first-order valence-corrected chi connectivity index (χ1v) is 8.46. The molecule has 0 amide bonds. The van der Waals surface area contributed by atoms with Gasteiger partial charge < -0.3 is 10.3 Å². The van der Waals surface area contributed by atoms with E-state index in [9.17, 15) is 9.00 Å². The molecule has 0 saturated heterocycles. The molecule has 0 fully saturated rings. The lowest BCUT2D eigenvalue weighted by molar-refractivity contribution is 0.686. The van der Waals surface area contributed by atoms with E-state index >= 15 is 0 Å². The van der Waals surface area contributed by atoms with Crippen molar-refractivity contribution >= 4 is 38.2 Å². The van der Waals surface area contributed by atoms with Crippen LogP contribution in [0.4, 0.5) is 5.82 Å². The number of nitrogen functional groups attached to an aromatic ring is 1. The van der Waals surface area contributed by atoms with E-state index in [0.717, 1.165) is 15.8 Å². The number of anilines is 1. The Bertz CT molecular complexity index is 901. The highest BCUT2D eigenvalue weighted by Crippen LogP contribution is 2.26. The third kappa shape index (κ3) is 2.59. The molecule has 0 bridgehead atoms. The van der Waals surface area contributed by atoms with Crippen molar-refractivity contribution in [2.24, 2.45) is 0 Å². The molecule has 3 rings (SSSR count). The Hall–Kier alpha value is -2.06. The molecule has 1 atom stereocenters. The highest BCUT2D eigenvalue weighted by Gasteiger charge is 2.11. The van der Waals surface area contributed by atoms with E-state index in [2.05, 4.69) is 9.97 Å². The largest absolute Gasteiger partial charge is 0.379 e. The molecule has 0 aliphatic carbocycles. The number of para-hydroxylation sites is 1. The van der Waals surface area contributed by atoms with E-state index in [1.165, 1.54) is 22.1 Å². The van der Waals surface area contributed by atoms with Crippen molar-refractivity contribution in [1.29, 1.82) is 0 Å². The zero-order chi connectivity index (χ0) is 15.0. The fourth-order valence-corrected chi connectivity index (χ4v) is 3.71. The van der Waals surface area contributed by atoms with E-state index in [1.54, 1.807) is 12.5 Å². The fraction of sp³-hybridized carbons (Fsp3) is 0.154. The second-order valence-electron chi connectivity index (χ2n) is 4.44. The fourth-order valence-electron chi connectivity index (χ4n) is 2.01. The van der Waals surface area contributed by atoms with E-state index in [-0.39, 0.29) is 11.4 Å². The average Bonchev–Trinajstić information content (AvgIpc) is 2.89. The number of rotatable bonds is 3. The number of nitrogens with two attached hydrogens (primary N) is 1. The van der Waals surface area contributed by atoms with Gasteiger partial charge in [0, 0.05) is 18.6 Å². The lowest BCUT2D eigenvalue weighted by Gasteiger charge is -2.06. The Morgan fingerprint density at radius 3 is 3.00 bits per heavy atom. The molecule has 0 aliphatic heterocycles. The van der Waals surface area contributed by atoms with Crippen molar-refractivity contribution < 1.29 is 4.21 Å². The van der Waals surface area contributed by atoms with E-state index in [4.69, 9.17) is 5.73 Å². The van der Waals surface area contributed by atoms with Crippen LogP contribution in [0.15, 0.2) is 39.7 Å². The smallest absolute Gasteiger partial charge is 0.293 e. The summed E-state index contributed by atoms with van der Waals surface area (Å²) in [5, 5.41) is 0. The molecule has 2 aromatic heterocycles. The Morgan fingerprint density at radius 1 is 1.43 bits per heavy atom. The molecular weight excluding hydrogens is 308 g/mol. The van der Waals surface area contributed by atoms with Gasteiger partial charge in [-0.05, 0) is 11.6 Å². The maximum Gasteiger partial charge on any atom is 0.293 e. The zero-order valence-corrected chi connectivity index (χ0v) is 12.8. The minimum atomic E-state index is -1.12. The summed E-state index contributed by atoms with van der Waals surface area (Å²) < 4.78 is 14.6. The van der Waals surface area contributed by atoms with Gasteiger partial charge in [0.15, 0.2) is 10.2 Å². The third-order valence-corrected chi connectivity index (χ3v) is 5.36. The minimum Gasteiger partial charge on any atom is -0.379 e. The van der Waals surface area contributed by atoms with Crippen LogP contribution in [0.1, 0.15) is 5.56 Å². The van der Waals surface area contributed by atoms with Crippen LogP contribution in [0.25, 0.3) is 10.2 Å². The normalized spacial score (nSPS) is 12.6. The lowest BCUT2D eigenvalue weighted by Crippen LogP contribution is -2.23. The average molecular weight is 320 g/mol. The summed E-state index contributed by atoms with van der Waals surface area (Å²) in [7, 11) is -1.12. The molecule has 0 radical (unpaired) electrons. The quantitative estimate of drug-likeness (QED) is 0.783. The van der Waals surface area contributed by atoms with E-state index in [1.807, 2.05) is 18.2 Å². The molecule has 6 nitrogen and oxygen atoms in total. The number of benzene rings is 1. The minimum absolute atomic E-state index is 0.0293. The molecule has 2 N–H and O–H groups in total. The number of hydrogen-bond acceptors (Lipinski definition) is 6.